The fraction of sp³-hybridized carbons (Fsp3) is 0.115. The number of hydrogen-bond acceptors (Lipinski definition) is 4. The summed E-state index contributed by atoms with van der Waals surface area (Å²) < 4.78 is 27.7. The molecule has 0 spiro atoms. The molecule has 0 fully saturated rings. The minimum absolute atomic E-state index is 0.0965. The van der Waals surface area contributed by atoms with Crippen LogP contribution in [0, 0.1) is 13.8 Å². The van der Waals surface area contributed by atoms with Gasteiger partial charge < -0.3 is 9.67 Å². The van der Waals surface area contributed by atoms with Crippen molar-refractivity contribution in [2.45, 2.75) is 24.5 Å². The van der Waals surface area contributed by atoms with Gasteiger partial charge in [-0.2, -0.15) is 0 Å². The summed E-state index contributed by atoms with van der Waals surface area (Å²) in [6.07, 6.45) is 1.40. The molecule has 0 saturated carbocycles. The van der Waals surface area contributed by atoms with Gasteiger partial charge >= 0.3 is 0 Å². The first-order chi connectivity index (χ1) is 15.2. The van der Waals surface area contributed by atoms with Crippen molar-refractivity contribution >= 4 is 9.84 Å². The highest BCUT2D eigenvalue weighted by atomic mass is 32.2. The second-order valence-corrected chi connectivity index (χ2v) is 9.80. The summed E-state index contributed by atoms with van der Waals surface area (Å²) in [6.45, 7) is 3.71. The van der Waals surface area contributed by atoms with Crippen LogP contribution in [0.2, 0.25) is 0 Å². The second-order valence-electron chi connectivity index (χ2n) is 7.81. The summed E-state index contributed by atoms with van der Waals surface area (Å²) in [5.41, 5.74) is 4.52. The van der Waals surface area contributed by atoms with Crippen LogP contribution in [0.3, 0.4) is 0 Å². The van der Waals surface area contributed by atoms with Gasteiger partial charge in [-0.05, 0) is 54.8 Å². The number of sulfone groups is 1. The van der Waals surface area contributed by atoms with E-state index in [4.69, 9.17) is 0 Å². The number of aryl methyl sites for hydroxylation is 2. The van der Waals surface area contributed by atoms with Gasteiger partial charge in [-0.3, -0.25) is 4.79 Å². The summed E-state index contributed by atoms with van der Waals surface area (Å²) >= 11 is 0. The maximum absolute atomic E-state index is 13.0. The zero-order valence-corrected chi connectivity index (χ0v) is 18.6. The highest BCUT2D eigenvalue weighted by Gasteiger charge is 2.18. The molecule has 0 atom stereocenters. The van der Waals surface area contributed by atoms with Crippen molar-refractivity contribution in [2.24, 2.45) is 0 Å². The predicted molar refractivity (Wildman–Crippen MR) is 126 cm³/mol. The molecule has 0 aliphatic carbocycles. The van der Waals surface area contributed by atoms with Crippen molar-refractivity contribution in [3.8, 4) is 22.6 Å². The third kappa shape index (κ3) is 4.36. The SMILES string of the molecule is Cc1ccc(S(=O)(=O)Cc2ccccc2-c2ccc(-n3cc(O)c(=O)cc3C)cc2)cc1. The van der Waals surface area contributed by atoms with Crippen LogP contribution in [0.5, 0.6) is 5.75 Å². The highest BCUT2D eigenvalue weighted by molar-refractivity contribution is 7.90. The Balaban J connectivity index is 1.68. The molecule has 32 heavy (non-hydrogen) atoms. The summed E-state index contributed by atoms with van der Waals surface area (Å²) in [5, 5.41) is 9.78. The summed E-state index contributed by atoms with van der Waals surface area (Å²) in [5.74, 6) is -0.410. The summed E-state index contributed by atoms with van der Waals surface area (Å²) in [7, 11) is -3.49. The zero-order valence-electron chi connectivity index (χ0n) is 17.8. The van der Waals surface area contributed by atoms with E-state index in [9.17, 15) is 18.3 Å². The minimum Gasteiger partial charge on any atom is -0.503 e. The van der Waals surface area contributed by atoms with Crippen LogP contribution >= 0.6 is 0 Å². The van der Waals surface area contributed by atoms with Crippen molar-refractivity contribution < 1.29 is 13.5 Å². The van der Waals surface area contributed by atoms with E-state index < -0.39 is 15.3 Å². The monoisotopic (exact) mass is 445 g/mol. The summed E-state index contributed by atoms with van der Waals surface area (Å²) in [4.78, 5) is 11.9. The van der Waals surface area contributed by atoms with E-state index in [-0.39, 0.29) is 11.5 Å². The van der Waals surface area contributed by atoms with E-state index in [1.54, 1.807) is 35.8 Å². The lowest BCUT2D eigenvalue weighted by atomic mass is 10.0. The third-order valence-corrected chi connectivity index (χ3v) is 7.10. The van der Waals surface area contributed by atoms with Crippen LogP contribution in [-0.4, -0.2) is 18.1 Å². The fourth-order valence-electron chi connectivity index (χ4n) is 3.66. The number of benzene rings is 3. The quantitative estimate of drug-likeness (QED) is 0.479. The minimum atomic E-state index is -3.49. The molecular weight excluding hydrogens is 422 g/mol. The Morgan fingerprint density at radius 1 is 0.875 bits per heavy atom. The molecule has 1 heterocycles. The molecule has 3 aromatic carbocycles. The Hall–Kier alpha value is -3.64. The largest absolute Gasteiger partial charge is 0.503 e. The number of aromatic nitrogens is 1. The molecule has 162 valence electrons. The molecule has 1 N–H and O–H groups in total. The molecule has 0 aliphatic rings. The highest BCUT2D eigenvalue weighted by Crippen LogP contribution is 2.28. The van der Waals surface area contributed by atoms with Gasteiger partial charge in [-0.15, -0.1) is 0 Å². The second kappa shape index (κ2) is 8.48. The first-order valence-corrected chi connectivity index (χ1v) is 11.8. The lowest BCUT2D eigenvalue weighted by Crippen LogP contribution is -2.08. The fourth-order valence-corrected chi connectivity index (χ4v) is 5.04. The number of nitrogens with zero attached hydrogens (tertiary/aromatic N) is 1. The van der Waals surface area contributed by atoms with Crippen molar-refractivity contribution in [1.82, 2.24) is 4.57 Å². The van der Waals surface area contributed by atoms with Crippen LogP contribution in [0.25, 0.3) is 16.8 Å². The first kappa shape index (κ1) is 21.6. The number of pyridine rings is 1. The molecule has 6 heteroatoms. The maximum Gasteiger partial charge on any atom is 0.223 e. The summed E-state index contributed by atoms with van der Waals surface area (Å²) in [6, 6.07) is 23.3. The Bertz CT molecular complexity index is 1430. The molecule has 0 unspecified atom stereocenters. The van der Waals surface area contributed by atoms with E-state index in [2.05, 4.69) is 0 Å². The third-order valence-electron chi connectivity index (χ3n) is 5.42. The van der Waals surface area contributed by atoms with E-state index in [0.29, 0.717) is 10.6 Å². The van der Waals surface area contributed by atoms with Crippen molar-refractivity contribution in [2.75, 3.05) is 0 Å². The van der Waals surface area contributed by atoms with E-state index in [1.807, 2.05) is 55.5 Å². The number of aromatic hydroxyl groups is 1. The number of rotatable bonds is 5. The van der Waals surface area contributed by atoms with Gasteiger partial charge in [0.15, 0.2) is 15.6 Å². The van der Waals surface area contributed by atoms with Crippen LogP contribution in [0.1, 0.15) is 16.8 Å². The van der Waals surface area contributed by atoms with Gasteiger partial charge in [-0.25, -0.2) is 8.42 Å². The van der Waals surface area contributed by atoms with Gasteiger partial charge in [0.1, 0.15) is 0 Å². The van der Waals surface area contributed by atoms with Crippen molar-refractivity contribution in [3.05, 3.63) is 112 Å². The van der Waals surface area contributed by atoms with Crippen molar-refractivity contribution in [1.29, 1.82) is 0 Å². The average molecular weight is 446 g/mol. The Kier molecular flexibility index (Phi) is 5.72. The Labute approximate surface area is 187 Å². The maximum atomic E-state index is 13.0. The molecule has 1 aromatic heterocycles. The molecule has 0 aliphatic heterocycles. The topological polar surface area (TPSA) is 76.4 Å². The zero-order chi connectivity index (χ0) is 22.9. The molecule has 0 amide bonds. The predicted octanol–water partition coefficient (Wildman–Crippen LogP) is 4.80. The van der Waals surface area contributed by atoms with Crippen LogP contribution in [0.4, 0.5) is 0 Å². The van der Waals surface area contributed by atoms with Crippen LogP contribution in [-0.2, 0) is 15.6 Å². The Morgan fingerprint density at radius 2 is 1.53 bits per heavy atom. The lowest BCUT2D eigenvalue weighted by Gasteiger charge is -2.14. The lowest BCUT2D eigenvalue weighted by molar-refractivity contribution is 0.465. The van der Waals surface area contributed by atoms with E-state index >= 15 is 0 Å². The van der Waals surface area contributed by atoms with Gasteiger partial charge in [0.25, 0.3) is 0 Å². The Morgan fingerprint density at radius 3 is 2.22 bits per heavy atom. The molecule has 4 rings (SSSR count). The van der Waals surface area contributed by atoms with E-state index in [1.165, 1.54) is 12.3 Å². The van der Waals surface area contributed by atoms with Crippen LogP contribution < -0.4 is 5.43 Å². The van der Waals surface area contributed by atoms with Gasteiger partial charge in [0.05, 0.1) is 16.8 Å². The standard InChI is InChI=1S/C26H23NO4S/c1-18-7-13-23(14-8-18)32(30,31)17-21-5-3-4-6-24(21)20-9-11-22(12-10-20)27-16-26(29)25(28)15-19(27)2/h3-16,29H,17H2,1-2H3. The van der Waals surface area contributed by atoms with Gasteiger partial charge in [-0.1, -0.05) is 54.1 Å². The molecule has 0 saturated heterocycles. The average Bonchev–Trinajstić information content (AvgIpc) is 2.77. The van der Waals surface area contributed by atoms with Gasteiger partial charge in [0.2, 0.25) is 5.43 Å². The molecular formula is C26H23NO4S. The molecule has 5 nitrogen and oxygen atoms in total. The molecule has 4 aromatic rings. The number of hydrogen-bond donors (Lipinski definition) is 1. The first-order valence-electron chi connectivity index (χ1n) is 10.1. The molecule has 0 radical (unpaired) electrons. The van der Waals surface area contributed by atoms with Crippen LogP contribution in [0.15, 0.2) is 94.7 Å². The van der Waals surface area contributed by atoms with E-state index in [0.717, 1.165) is 27.9 Å². The molecule has 0 bridgehead atoms. The van der Waals surface area contributed by atoms with Crippen molar-refractivity contribution in [3.63, 3.8) is 0 Å². The van der Waals surface area contributed by atoms with Gasteiger partial charge in [0, 0.05) is 17.4 Å². The normalized spacial score (nSPS) is 11.4. The smallest absolute Gasteiger partial charge is 0.223 e.